The monoisotopic (exact) mass is 427 g/mol. The first-order chi connectivity index (χ1) is 13.1. The average Bonchev–Trinajstić information content (AvgIpc) is 2.92. The number of nitrogens with one attached hydrogen (secondary N) is 1. The van der Waals surface area contributed by atoms with Crippen molar-refractivity contribution < 1.29 is 17.9 Å². The van der Waals surface area contributed by atoms with Crippen LogP contribution in [0, 0.1) is 0 Å². The maximum absolute atomic E-state index is 12.5. The number of aryl methyl sites for hydroxylation is 1. The summed E-state index contributed by atoms with van der Waals surface area (Å²) in [5, 5.41) is 0. The molecule has 2 aromatic rings. The summed E-state index contributed by atoms with van der Waals surface area (Å²) in [6, 6.07) is 4.63. The van der Waals surface area contributed by atoms with Gasteiger partial charge in [0.1, 0.15) is 0 Å². The van der Waals surface area contributed by atoms with E-state index < -0.39 is 15.6 Å². The van der Waals surface area contributed by atoms with Crippen LogP contribution in [-0.4, -0.2) is 55.6 Å². The molecular weight excluding hydrogens is 402 g/mol. The van der Waals surface area contributed by atoms with Crippen molar-refractivity contribution in [1.82, 2.24) is 14.2 Å². The zero-order valence-electron chi connectivity index (χ0n) is 16.2. The number of carbonyl (C=O) groups excluding carboxylic acids is 1. The number of aromatic nitrogens is 1. The fraction of sp³-hybridized carbons (Fsp3) is 0.556. The van der Waals surface area contributed by atoms with Gasteiger partial charge in [-0.15, -0.1) is 0 Å². The molecule has 3 rings (SSSR count). The van der Waals surface area contributed by atoms with Crippen LogP contribution in [-0.2, 0) is 26.1 Å². The molecule has 154 valence electrons. The lowest BCUT2D eigenvalue weighted by molar-refractivity contribution is -0.135. The molecule has 0 radical (unpaired) electrons. The van der Waals surface area contributed by atoms with E-state index in [-0.39, 0.29) is 28.6 Å². The average molecular weight is 428 g/mol. The second-order valence-electron chi connectivity index (χ2n) is 7.75. The minimum atomic E-state index is -3.68. The molecule has 1 aliphatic heterocycles. The number of fused-ring (bicyclic) bond motifs is 1. The Morgan fingerprint density at radius 3 is 2.57 bits per heavy atom. The lowest BCUT2D eigenvalue weighted by Crippen LogP contribution is -2.41. The molecule has 0 spiro atoms. The Morgan fingerprint density at radius 1 is 1.25 bits per heavy atom. The van der Waals surface area contributed by atoms with Crippen molar-refractivity contribution in [3.05, 3.63) is 27.9 Å². The molecule has 0 unspecified atom stereocenters. The van der Waals surface area contributed by atoms with Crippen molar-refractivity contribution in [3.8, 4) is 0 Å². The van der Waals surface area contributed by atoms with Gasteiger partial charge in [0, 0.05) is 31.6 Å². The first kappa shape index (κ1) is 21.0. The zero-order chi connectivity index (χ0) is 20.5. The minimum Gasteiger partial charge on any atom is -0.378 e. The lowest BCUT2D eigenvalue weighted by atomic mass is 10.1. The quantitative estimate of drug-likeness (QED) is 0.778. The fourth-order valence-electron chi connectivity index (χ4n) is 3.07. The molecule has 1 aromatic heterocycles. The normalized spacial score (nSPS) is 15.9. The molecule has 8 nitrogen and oxygen atoms in total. The second kappa shape index (κ2) is 7.94. The SMILES string of the molecule is CC(C)(C)NS(=O)(=O)c1ccc2c(c1)sc(=O)n2CCC(=O)N1CCOCC1. The Hall–Kier alpha value is -1.75. The van der Waals surface area contributed by atoms with Crippen LogP contribution in [0.3, 0.4) is 0 Å². The van der Waals surface area contributed by atoms with E-state index in [1.165, 1.54) is 16.7 Å². The van der Waals surface area contributed by atoms with Gasteiger partial charge < -0.3 is 9.64 Å². The molecule has 1 N–H and O–H groups in total. The molecule has 1 aromatic carbocycles. The van der Waals surface area contributed by atoms with Crippen LogP contribution < -0.4 is 9.60 Å². The summed E-state index contributed by atoms with van der Waals surface area (Å²) >= 11 is 0.985. The number of carbonyl (C=O) groups is 1. The van der Waals surface area contributed by atoms with Crippen LogP contribution in [0.2, 0.25) is 0 Å². The van der Waals surface area contributed by atoms with Gasteiger partial charge in [-0.3, -0.25) is 14.2 Å². The molecule has 0 aliphatic carbocycles. The Bertz CT molecular complexity index is 1030. The maximum atomic E-state index is 12.5. The Morgan fingerprint density at radius 2 is 1.93 bits per heavy atom. The Labute approximate surface area is 168 Å². The number of thiazole rings is 1. The molecular formula is C18H25N3O5S2. The highest BCUT2D eigenvalue weighted by molar-refractivity contribution is 7.89. The number of amides is 1. The first-order valence-corrected chi connectivity index (χ1v) is 11.4. The molecule has 0 saturated carbocycles. The van der Waals surface area contributed by atoms with Crippen LogP contribution >= 0.6 is 11.3 Å². The number of hydrogen-bond donors (Lipinski definition) is 1. The molecule has 1 amide bonds. The zero-order valence-corrected chi connectivity index (χ0v) is 17.9. The van der Waals surface area contributed by atoms with Crippen LogP contribution in [0.1, 0.15) is 27.2 Å². The van der Waals surface area contributed by atoms with Crippen LogP contribution in [0.5, 0.6) is 0 Å². The number of benzene rings is 1. The van der Waals surface area contributed by atoms with Crippen LogP contribution in [0.4, 0.5) is 0 Å². The second-order valence-corrected chi connectivity index (χ2v) is 10.4. The van der Waals surface area contributed by atoms with E-state index >= 15 is 0 Å². The van der Waals surface area contributed by atoms with E-state index in [1.54, 1.807) is 31.7 Å². The summed E-state index contributed by atoms with van der Waals surface area (Å²) in [5.41, 5.74) is 0.0339. The largest absolute Gasteiger partial charge is 0.378 e. The predicted octanol–water partition coefficient (Wildman–Crippen LogP) is 1.39. The predicted molar refractivity (Wildman–Crippen MR) is 108 cm³/mol. The van der Waals surface area contributed by atoms with Gasteiger partial charge in [-0.2, -0.15) is 0 Å². The van der Waals surface area contributed by atoms with Crippen molar-refractivity contribution in [2.75, 3.05) is 26.3 Å². The fourth-order valence-corrected chi connectivity index (χ4v) is 5.54. The van der Waals surface area contributed by atoms with Crippen LogP contribution in [0.25, 0.3) is 10.2 Å². The van der Waals surface area contributed by atoms with Gasteiger partial charge in [-0.1, -0.05) is 11.3 Å². The van der Waals surface area contributed by atoms with Gasteiger partial charge >= 0.3 is 4.87 Å². The molecule has 0 atom stereocenters. The standard InChI is InChI=1S/C18H25N3O5S2/c1-18(2,3)19-28(24,25)13-4-5-14-15(12-13)27-17(23)21(14)7-6-16(22)20-8-10-26-11-9-20/h4-5,12,19H,6-11H2,1-3H3. The lowest BCUT2D eigenvalue weighted by Gasteiger charge is -2.26. The number of morpholine rings is 1. The van der Waals surface area contributed by atoms with Gasteiger partial charge in [0.2, 0.25) is 15.9 Å². The van der Waals surface area contributed by atoms with Crippen molar-refractivity contribution >= 4 is 37.5 Å². The third kappa shape index (κ3) is 4.80. The third-order valence-corrected chi connectivity index (χ3v) is 7.00. The summed E-state index contributed by atoms with van der Waals surface area (Å²) in [6.07, 6.45) is 0.220. The van der Waals surface area contributed by atoms with Crippen molar-refractivity contribution in [2.45, 2.75) is 44.2 Å². The maximum Gasteiger partial charge on any atom is 0.308 e. The minimum absolute atomic E-state index is 0.0110. The highest BCUT2D eigenvalue weighted by atomic mass is 32.2. The molecule has 1 fully saturated rings. The third-order valence-electron chi connectivity index (χ3n) is 4.30. The highest BCUT2D eigenvalue weighted by Gasteiger charge is 2.23. The van der Waals surface area contributed by atoms with Gasteiger partial charge in [-0.25, -0.2) is 13.1 Å². The van der Waals surface area contributed by atoms with E-state index in [0.29, 0.717) is 36.5 Å². The number of rotatable bonds is 5. The number of nitrogens with zero attached hydrogens (tertiary/aromatic N) is 2. The summed E-state index contributed by atoms with van der Waals surface area (Å²) < 4.78 is 35.0. The van der Waals surface area contributed by atoms with Gasteiger partial charge in [0.25, 0.3) is 0 Å². The van der Waals surface area contributed by atoms with Gasteiger partial charge in [0.05, 0.1) is 28.3 Å². The number of hydrogen-bond acceptors (Lipinski definition) is 6. The molecule has 28 heavy (non-hydrogen) atoms. The first-order valence-electron chi connectivity index (χ1n) is 9.10. The molecule has 1 aliphatic rings. The number of ether oxygens (including phenoxy) is 1. The molecule has 10 heteroatoms. The van der Waals surface area contributed by atoms with Gasteiger partial charge in [-0.05, 0) is 39.0 Å². The summed E-state index contributed by atoms with van der Waals surface area (Å²) in [5.74, 6) is -0.0110. The van der Waals surface area contributed by atoms with E-state index in [4.69, 9.17) is 4.74 Å². The van der Waals surface area contributed by atoms with Crippen molar-refractivity contribution in [2.24, 2.45) is 0 Å². The van der Waals surface area contributed by atoms with Gasteiger partial charge in [0.15, 0.2) is 0 Å². The van der Waals surface area contributed by atoms with E-state index in [0.717, 1.165) is 11.3 Å². The Kier molecular flexibility index (Phi) is 5.95. The van der Waals surface area contributed by atoms with Crippen molar-refractivity contribution in [3.63, 3.8) is 0 Å². The summed E-state index contributed by atoms with van der Waals surface area (Å²) in [7, 11) is -3.68. The molecule has 1 saturated heterocycles. The number of sulfonamides is 1. The topological polar surface area (TPSA) is 97.7 Å². The summed E-state index contributed by atoms with van der Waals surface area (Å²) in [6.45, 7) is 7.78. The van der Waals surface area contributed by atoms with Crippen LogP contribution in [0.15, 0.2) is 27.9 Å². The highest BCUT2D eigenvalue weighted by Crippen LogP contribution is 2.23. The van der Waals surface area contributed by atoms with Crippen molar-refractivity contribution in [1.29, 1.82) is 0 Å². The van der Waals surface area contributed by atoms with E-state index in [2.05, 4.69) is 4.72 Å². The van der Waals surface area contributed by atoms with E-state index in [9.17, 15) is 18.0 Å². The smallest absolute Gasteiger partial charge is 0.308 e. The molecule has 2 heterocycles. The Balaban J connectivity index is 1.80. The van der Waals surface area contributed by atoms with E-state index in [1.807, 2.05) is 0 Å². The molecule has 0 bridgehead atoms. The summed E-state index contributed by atoms with van der Waals surface area (Å²) in [4.78, 5) is 26.4.